The fraction of sp³-hybridized carbons (Fsp3) is 0.111. The van der Waals surface area contributed by atoms with Crippen molar-refractivity contribution in [3.63, 3.8) is 0 Å². The SMILES string of the molecule is CCc1cccc2sc(NC(=O)/C=C/c3ccccc3)nc12. The Morgan fingerprint density at radius 2 is 2.00 bits per heavy atom. The predicted octanol–water partition coefficient (Wildman–Crippen LogP) is 4.51. The van der Waals surface area contributed by atoms with Crippen LogP contribution in [0.15, 0.2) is 54.6 Å². The van der Waals surface area contributed by atoms with Crippen LogP contribution in [0, 0.1) is 0 Å². The summed E-state index contributed by atoms with van der Waals surface area (Å²) in [4.78, 5) is 16.5. The van der Waals surface area contributed by atoms with Gasteiger partial charge in [0.1, 0.15) is 0 Å². The van der Waals surface area contributed by atoms with Gasteiger partial charge in [0.15, 0.2) is 5.13 Å². The third-order valence-electron chi connectivity index (χ3n) is 3.34. The highest BCUT2D eigenvalue weighted by Crippen LogP contribution is 2.28. The third-order valence-corrected chi connectivity index (χ3v) is 4.28. The minimum atomic E-state index is -0.166. The van der Waals surface area contributed by atoms with E-state index >= 15 is 0 Å². The first kappa shape index (κ1) is 14.5. The van der Waals surface area contributed by atoms with Gasteiger partial charge in [-0.3, -0.25) is 10.1 Å². The van der Waals surface area contributed by atoms with Crippen molar-refractivity contribution in [2.24, 2.45) is 0 Å². The van der Waals surface area contributed by atoms with Crippen molar-refractivity contribution in [2.75, 3.05) is 5.32 Å². The summed E-state index contributed by atoms with van der Waals surface area (Å²) in [7, 11) is 0. The number of anilines is 1. The smallest absolute Gasteiger partial charge is 0.250 e. The molecule has 0 aliphatic carbocycles. The molecular weight excluding hydrogens is 292 g/mol. The Kier molecular flexibility index (Phi) is 4.30. The molecule has 0 aliphatic heterocycles. The van der Waals surface area contributed by atoms with Gasteiger partial charge in [-0.15, -0.1) is 0 Å². The number of aryl methyl sites for hydroxylation is 1. The van der Waals surface area contributed by atoms with Crippen molar-refractivity contribution in [3.8, 4) is 0 Å². The molecule has 0 saturated heterocycles. The van der Waals surface area contributed by atoms with Crippen LogP contribution in [0.25, 0.3) is 16.3 Å². The van der Waals surface area contributed by atoms with Crippen LogP contribution in [0.2, 0.25) is 0 Å². The molecular formula is C18H16N2OS. The molecule has 4 heteroatoms. The van der Waals surface area contributed by atoms with Crippen LogP contribution in [0.4, 0.5) is 5.13 Å². The predicted molar refractivity (Wildman–Crippen MR) is 93.1 cm³/mol. The van der Waals surface area contributed by atoms with Crippen molar-refractivity contribution < 1.29 is 4.79 Å². The number of benzene rings is 2. The van der Waals surface area contributed by atoms with Gasteiger partial charge >= 0.3 is 0 Å². The maximum absolute atomic E-state index is 12.0. The number of para-hydroxylation sites is 1. The van der Waals surface area contributed by atoms with Crippen LogP contribution in [-0.2, 0) is 11.2 Å². The number of amides is 1. The van der Waals surface area contributed by atoms with E-state index in [-0.39, 0.29) is 5.91 Å². The third kappa shape index (κ3) is 3.23. The number of hydrogen-bond donors (Lipinski definition) is 1. The minimum absolute atomic E-state index is 0.166. The van der Waals surface area contributed by atoms with E-state index in [9.17, 15) is 4.79 Å². The van der Waals surface area contributed by atoms with E-state index in [2.05, 4.69) is 23.3 Å². The monoisotopic (exact) mass is 308 g/mol. The molecule has 3 aromatic rings. The molecule has 0 bridgehead atoms. The van der Waals surface area contributed by atoms with E-state index in [0.717, 1.165) is 22.2 Å². The summed E-state index contributed by atoms with van der Waals surface area (Å²) in [6.45, 7) is 2.11. The summed E-state index contributed by atoms with van der Waals surface area (Å²) in [5, 5.41) is 3.47. The van der Waals surface area contributed by atoms with Gasteiger partial charge < -0.3 is 0 Å². The lowest BCUT2D eigenvalue weighted by Gasteiger charge is -1.96. The number of rotatable bonds is 4. The molecule has 3 nitrogen and oxygen atoms in total. The largest absolute Gasteiger partial charge is 0.298 e. The zero-order valence-corrected chi connectivity index (χ0v) is 13.1. The average Bonchev–Trinajstić information content (AvgIpc) is 2.96. The first-order valence-electron chi connectivity index (χ1n) is 7.19. The molecule has 1 aromatic heterocycles. The molecule has 1 N–H and O–H groups in total. The van der Waals surface area contributed by atoms with Crippen molar-refractivity contribution in [1.29, 1.82) is 0 Å². The number of aromatic nitrogens is 1. The molecule has 0 spiro atoms. The standard InChI is InChI=1S/C18H16N2OS/c1-2-14-9-6-10-15-17(14)20-18(22-15)19-16(21)12-11-13-7-4-3-5-8-13/h3-12H,2H2,1H3,(H,19,20,21)/b12-11+. The van der Waals surface area contributed by atoms with Crippen molar-refractivity contribution >= 4 is 38.7 Å². The number of carbonyl (C=O) groups excluding carboxylic acids is 1. The van der Waals surface area contributed by atoms with E-state index in [1.54, 1.807) is 6.08 Å². The minimum Gasteiger partial charge on any atom is -0.298 e. The summed E-state index contributed by atoms with van der Waals surface area (Å²) in [6.07, 6.45) is 4.25. The summed E-state index contributed by atoms with van der Waals surface area (Å²) in [5.41, 5.74) is 3.18. The quantitative estimate of drug-likeness (QED) is 0.720. The lowest BCUT2D eigenvalue weighted by atomic mass is 10.1. The maximum Gasteiger partial charge on any atom is 0.250 e. The molecule has 0 aliphatic rings. The highest BCUT2D eigenvalue weighted by Gasteiger charge is 2.08. The number of nitrogens with one attached hydrogen (secondary N) is 1. The zero-order chi connectivity index (χ0) is 15.4. The van der Waals surface area contributed by atoms with E-state index in [4.69, 9.17) is 0 Å². The Bertz CT molecular complexity index is 821. The second kappa shape index (κ2) is 6.54. The molecule has 1 heterocycles. The maximum atomic E-state index is 12.0. The Morgan fingerprint density at radius 1 is 1.18 bits per heavy atom. The van der Waals surface area contributed by atoms with Gasteiger partial charge in [0.05, 0.1) is 10.2 Å². The fourth-order valence-corrected chi connectivity index (χ4v) is 3.14. The van der Waals surface area contributed by atoms with Gasteiger partial charge in [0, 0.05) is 6.08 Å². The first-order valence-corrected chi connectivity index (χ1v) is 8.00. The Labute approximate surface area is 133 Å². The highest BCUT2D eigenvalue weighted by atomic mass is 32.1. The van der Waals surface area contributed by atoms with Gasteiger partial charge in [0.25, 0.3) is 0 Å². The van der Waals surface area contributed by atoms with Crippen LogP contribution >= 0.6 is 11.3 Å². The number of thiazole rings is 1. The molecule has 3 rings (SSSR count). The van der Waals surface area contributed by atoms with Gasteiger partial charge in [0.2, 0.25) is 5.91 Å². The van der Waals surface area contributed by atoms with Crippen molar-refractivity contribution in [2.45, 2.75) is 13.3 Å². The number of carbonyl (C=O) groups is 1. The first-order chi connectivity index (χ1) is 10.8. The second-order valence-electron chi connectivity index (χ2n) is 4.87. The second-order valence-corrected chi connectivity index (χ2v) is 5.90. The summed E-state index contributed by atoms with van der Waals surface area (Å²) >= 11 is 1.50. The lowest BCUT2D eigenvalue weighted by molar-refractivity contribution is -0.111. The van der Waals surface area contributed by atoms with Gasteiger partial charge in [-0.05, 0) is 29.7 Å². The zero-order valence-electron chi connectivity index (χ0n) is 12.2. The van der Waals surface area contributed by atoms with Crippen LogP contribution in [0.1, 0.15) is 18.1 Å². The van der Waals surface area contributed by atoms with E-state index in [0.29, 0.717) is 5.13 Å². The Balaban J connectivity index is 1.75. The van der Waals surface area contributed by atoms with Crippen molar-refractivity contribution in [1.82, 2.24) is 4.98 Å². The summed E-state index contributed by atoms with van der Waals surface area (Å²) in [5.74, 6) is -0.166. The molecule has 0 radical (unpaired) electrons. The van der Waals surface area contributed by atoms with Gasteiger partial charge in [-0.1, -0.05) is 60.7 Å². The number of hydrogen-bond acceptors (Lipinski definition) is 3. The molecule has 0 fully saturated rings. The molecule has 110 valence electrons. The normalized spacial score (nSPS) is 11.1. The van der Waals surface area contributed by atoms with E-state index < -0.39 is 0 Å². The summed E-state index contributed by atoms with van der Waals surface area (Å²) < 4.78 is 1.10. The lowest BCUT2D eigenvalue weighted by Crippen LogP contribution is -2.07. The van der Waals surface area contributed by atoms with Crippen LogP contribution in [-0.4, -0.2) is 10.9 Å². The Hall–Kier alpha value is -2.46. The number of fused-ring (bicyclic) bond motifs is 1. The van der Waals surface area contributed by atoms with Crippen molar-refractivity contribution in [3.05, 3.63) is 65.7 Å². The fourth-order valence-electron chi connectivity index (χ4n) is 2.23. The van der Waals surface area contributed by atoms with Gasteiger partial charge in [-0.2, -0.15) is 0 Å². The number of nitrogens with zero attached hydrogens (tertiary/aromatic N) is 1. The molecule has 1 amide bonds. The molecule has 0 unspecified atom stereocenters. The van der Waals surface area contributed by atoms with E-state index in [1.165, 1.54) is 23.0 Å². The van der Waals surface area contributed by atoms with Crippen LogP contribution < -0.4 is 5.32 Å². The Morgan fingerprint density at radius 3 is 2.77 bits per heavy atom. The molecule has 2 aromatic carbocycles. The summed E-state index contributed by atoms with van der Waals surface area (Å²) in [6, 6.07) is 15.9. The highest BCUT2D eigenvalue weighted by molar-refractivity contribution is 7.22. The molecule has 0 atom stereocenters. The van der Waals surface area contributed by atoms with Crippen LogP contribution in [0.3, 0.4) is 0 Å². The van der Waals surface area contributed by atoms with Gasteiger partial charge in [-0.25, -0.2) is 4.98 Å². The topological polar surface area (TPSA) is 42.0 Å². The van der Waals surface area contributed by atoms with Crippen LogP contribution in [0.5, 0.6) is 0 Å². The average molecular weight is 308 g/mol. The van der Waals surface area contributed by atoms with E-state index in [1.807, 2.05) is 42.5 Å². The molecule has 22 heavy (non-hydrogen) atoms. The molecule has 0 saturated carbocycles.